The average Bonchev–Trinajstić information content (AvgIpc) is 3.11. The highest BCUT2D eigenvalue weighted by molar-refractivity contribution is 6.32. The summed E-state index contributed by atoms with van der Waals surface area (Å²) in [7, 11) is 0. The second-order valence-electron chi connectivity index (χ2n) is 5.93. The largest absolute Gasteiger partial charge is 0.374 e. The summed E-state index contributed by atoms with van der Waals surface area (Å²) in [5, 5.41) is 28.5. The lowest BCUT2D eigenvalue weighted by atomic mass is 10.2. The van der Waals surface area contributed by atoms with Crippen LogP contribution in [-0.2, 0) is 12.8 Å². The van der Waals surface area contributed by atoms with Crippen LogP contribution in [0.15, 0.2) is 41.5 Å². The molecule has 0 saturated carbocycles. The number of aromatic nitrogens is 4. The van der Waals surface area contributed by atoms with E-state index in [9.17, 15) is 28.9 Å². The molecule has 0 unspecified atom stereocenters. The van der Waals surface area contributed by atoms with Crippen LogP contribution in [0.1, 0.15) is 5.69 Å². The Hall–Kier alpha value is -2.92. The first-order valence-electron chi connectivity index (χ1n) is 7.83. The summed E-state index contributed by atoms with van der Waals surface area (Å²) in [6.45, 7) is -0.942. The molecule has 0 fully saturated rings. The smallest absolute Gasteiger partial charge is 0.325 e. The van der Waals surface area contributed by atoms with Crippen molar-refractivity contribution in [1.82, 2.24) is 19.1 Å². The number of fused-ring (bicyclic) bond motifs is 3. The van der Waals surface area contributed by atoms with Crippen molar-refractivity contribution in [2.45, 2.75) is 12.8 Å². The highest BCUT2D eigenvalue weighted by Crippen LogP contribution is 2.29. The minimum Gasteiger partial charge on any atom is -0.325 e. The van der Waals surface area contributed by atoms with Gasteiger partial charge in [-0.1, -0.05) is 17.7 Å². The molecule has 0 radical (unpaired) electrons. The number of rotatable bonds is 3. The van der Waals surface area contributed by atoms with Gasteiger partial charge in [-0.05, 0) is 24.3 Å². The molecule has 0 bridgehead atoms. The standard InChI is InChI=1S/C17H11ClF2N4O4/c18-12-10(20)2-1-3-11(12)24-15-9(5-4-8(6-19)22-15)14-13(16(24)25)21-7-23(14)17(26,27)28/h1-5,7,26-28H,6H2. The van der Waals surface area contributed by atoms with E-state index in [2.05, 4.69) is 9.97 Å². The van der Waals surface area contributed by atoms with Gasteiger partial charge in [-0.15, -0.1) is 0 Å². The normalized spacial score (nSPS) is 12.2. The summed E-state index contributed by atoms with van der Waals surface area (Å²) < 4.78 is 28.6. The van der Waals surface area contributed by atoms with E-state index in [-0.39, 0.29) is 38.5 Å². The molecule has 0 spiro atoms. The Morgan fingerprint density at radius 3 is 2.61 bits per heavy atom. The van der Waals surface area contributed by atoms with E-state index in [4.69, 9.17) is 11.6 Å². The molecule has 0 atom stereocenters. The molecule has 1 aromatic carbocycles. The third-order valence-electron chi connectivity index (χ3n) is 4.21. The summed E-state index contributed by atoms with van der Waals surface area (Å²) in [6, 6.07) is 6.48. The predicted molar refractivity (Wildman–Crippen MR) is 95.0 cm³/mol. The average molecular weight is 409 g/mol. The lowest BCUT2D eigenvalue weighted by Gasteiger charge is -2.18. The Labute approximate surface area is 159 Å². The molecule has 0 aliphatic carbocycles. The van der Waals surface area contributed by atoms with Crippen molar-refractivity contribution in [1.29, 1.82) is 0 Å². The quantitative estimate of drug-likeness (QED) is 0.443. The van der Waals surface area contributed by atoms with Crippen LogP contribution in [0.4, 0.5) is 8.78 Å². The van der Waals surface area contributed by atoms with Crippen molar-refractivity contribution in [2.24, 2.45) is 0 Å². The molecule has 0 amide bonds. The maximum Gasteiger partial charge on any atom is 0.374 e. The van der Waals surface area contributed by atoms with Crippen LogP contribution in [0.2, 0.25) is 5.02 Å². The second kappa shape index (κ2) is 6.31. The van der Waals surface area contributed by atoms with Gasteiger partial charge in [0.05, 0.1) is 16.9 Å². The maximum atomic E-state index is 14.0. The molecule has 3 N–H and O–H groups in total. The van der Waals surface area contributed by atoms with Crippen LogP contribution >= 0.6 is 11.6 Å². The number of pyridine rings is 2. The molecule has 8 nitrogen and oxygen atoms in total. The van der Waals surface area contributed by atoms with Crippen LogP contribution in [-0.4, -0.2) is 34.4 Å². The first-order valence-corrected chi connectivity index (χ1v) is 8.21. The first-order chi connectivity index (χ1) is 13.2. The van der Waals surface area contributed by atoms with E-state index >= 15 is 0 Å². The summed E-state index contributed by atoms with van der Waals surface area (Å²) >= 11 is 6.02. The number of aliphatic hydroxyl groups is 3. The van der Waals surface area contributed by atoms with Crippen LogP contribution in [0.25, 0.3) is 27.8 Å². The summed E-state index contributed by atoms with van der Waals surface area (Å²) in [5.74, 6) is -0.786. The van der Waals surface area contributed by atoms with Crippen molar-refractivity contribution >= 4 is 33.7 Å². The number of benzene rings is 1. The fraction of sp³-hybridized carbons (Fsp3) is 0.118. The van der Waals surface area contributed by atoms with E-state index in [1.807, 2.05) is 0 Å². The van der Waals surface area contributed by atoms with Gasteiger partial charge in [0.15, 0.2) is 5.52 Å². The van der Waals surface area contributed by atoms with Gasteiger partial charge in [0, 0.05) is 5.39 Å². The van der Waals surface area contributed by atoms with Crippen molar-refractivity contribution in [2.75, 3.05) is 0 Å². The SMILES string of the molecule is O=c1c2ncn(C(O)(O)O)c2c2ccc(CF)nc2n1-c1cccc(F)c1Cl. The van der Waals surface area contributed by atoms with Crippen LogP contribution < -0.4 is 5.56 Å². The Bertz CT molecular complexity index is 1300. The molecular weight excluding hydrogens is 398 g/mol. The monoisotopic (exact) mass is 408 g/mol. The molecule has 3 heterocycles. The summed E-state index contributed by atoms with van der Waals surface area (Å²) in [6.07, 6.45) is -2.51. The molecule has 11 heteroatoms. The molecule has 0 aliphatic heterocycles. The van der Waals surface area contributed by atoms with Gasteiger partial charge in [0.2, 0.25) is 0 Å². The van der Waals surface area contributed by atoms with Gasteiger partial charge < -0.3 is 15.3 Å². The Morgan fingerprint density at radius 1 is 1.18 bits per heavy atom. The van der Waals surface area contributed by atoms with Gasteiger partial charge in [-0.25, -0.2) is 18.7 Å². The van der Waals surface area contributed by atoms with Crippen molar-refractivity contribution in [3.8, 4) is 5.69 Å². The topological polar surface area (TPSA) is 113 Å². The molecular formula is C17H11ClF2N4O4. The van der Waals surface area contributed by atoms with Crippen molar-refractivity contribution in [3.63, 3.8) is 0 Å². The lowest BCUT2D eigenvalue weighted by molar-refractivity contribution is -0.373. The molecule has 4 aromatic rings. The number of halogens is 3. The van der Waals surface area contributed by atoms with Crippen LogP contribution in [0, 0.1) is 5.82 Å². The zero-order valence-electron chi connectivity index (χ0n) is 13.8. The van der Waals surface area contributed by atoms with E-state index in [1.54, 1.807) is 0 Å². The van der Waals surface area contributed by atoms with E-state index < -0.39 is 24.1 Å². The highest BCUT2D eigenvalue weighted by atomic mass is 35.5. The van der Waals surface area contributed by atoms with Crippen molar-refractivity contribution < 1.29 is 24.1 Å². The minimum absolute atomic E-state index is 0.0261. The Morgan fingerprint density at radius 2 is 1.93 bits per heavy atom. The van der Waals surface area contributed by atoms with Gasteiger partial charge in [-0.3, -0.25) is 13.9 Å². The van der Waals surface area contributed by atoms with Crippen LogP contribution in [0.3, 0.4) is 0 Å². The molecule has 3 aromatic heterocycles. The zero-order valence-corrected chi connectivity index (χ0v) is 14.6. The van der Waals surface area contributed by atoms with E-state index in [0.29, 0.717) is 4.57 Å². The number of alkyl halides is 1. The lowest BCUT2D eigenvalue weighted by Crippen LogP contribution is -2.32. The van der Waals surface area contributed by atoms with E-state index in [1.165, 1.54) is 24.3 Å². The fourth-order valence-corrected chi connectivity index (χ4v) is 3.21. The summed E-state index contributed by atoms with van der Waals surface area (Å²) in [5.41, 5.74) is -1.48. The third kappa shape index (κ3) is 2.66. The van der Waals surface area contributed by atoms with Gasteiger partial charge >= 0.3 is 6.10 Å². The number of hydrogen-bond donors (Lipinski definition) is 3. The minimum atomic E-state index is -3.35. The highest BCUT2D eigenvalue weighted by Gasteiger charge is 2.28. The maximum absolute atomic E-state index is 14.0. The van der Waals surface area contributed by atoms with Gasteiger partial charge in [0.1, 0.15) is 29.5 Å². The zero-order chi connectivity index (χ0) is 20.2. The first kappa shape index (κ1) is 18.4. The molecule has 28 heavy (non-hydrogen) atoms. The van der Waals surface area contributed by atoms with Gasteiger partial charge in [-0.2, -0.15) is 0 Å². The number of hydrogen-bond acceptors (Lipinski definition) is 6. The molecule has 0 aliphatic rings. The Kier molecular flexibility index (Phi) is 4.16. The van der Waals surface area contributed by atoms with Gasteiger partial charge in [0.25, 0.3) is 5.56 Å². The third-order valence-corrected chi connectivity index (χ3v) is 4.58. The fourth-order valence-electron chi connectivity index (χ4n) is 3.00. The molecule has 144 valence electrons. The second-order valence-corrected chi connectivity index (χ2v) is 6.31. The Balaban J connectivity index is 2.26. The summed E-state index contributed by atoms with van der Waals surface area (Å²) in [4.78, 5) is 21.0. The number of imidazole rings is 1. The number of nitrogens with zero attached hydrogens (tertiary/aromatic N) is 4. The van der Waals surface area contributed by atoms with E-state index in [0.717, 1.165) is 17.0 Å². The predicted octanol–water partition coefficient (Wildman–Crippen LogP) is 1.54. The molecule has 4 rings (SSSR count). The van der Waals surface area contributed by atoms with Crippen LogP contribution in [0.5, 0.6) is 0 Å². The van der Waals surface area contributed by atoms with Crippen molar-refractivity contribution in [3.05, 3.63) is 63.5 Å². The molecule has 0 saturated heterocycles.